The normalized spacial score (nSPS) is 15.0. The van der Waals surface area contributed by atoms with Crippen LogP contribution in [0.25, 0.3) is 0 Å². The van der Waals surface area contributed by atoms with Crippen LogP contribution >= 0.6 is 21.6 Å². The minimum atomic E-state index is -0.137. The molecule has 2 rings (SSSR count). The van der Waals surface area contributed by atoms with Crippen LogP contribution in [-0.4, -0.2) is 66.2 Å². The van der Waals surface area contributed by atoms with Crippen molar-refractivity contribution in [3.05, 3.63) is 29.8 Å². The first-order chi connectivity index (χ1) is 14.8. The van der Waals surface area contributed by atoms with Gasteiger partial charge in [-0.25, -0.2) is 5.43 Å². The third kappa shape index (κ3) is 9.53. The van der Waals surface area contributed by atoms with Gasteiger partial charge >= 0.3 is 0 Å². The molecule has 172 valence electrons. The number of amides is 2. The summed E-state index contributed by atoms with van der Waals surface area (Å²) in [5.41, 5.74) is 4.29. The van der Waals surface area contributed by atoms with Crippen molar-refractivity contribution in [1.29, 1.82) is 0 Å². The highest BCUT2D eigenvalue weighted by Crippen LogP contribution is 2.36. The molecule has 2 amide bonds. The van der Waals surface area contributed by atoms with Crippen LogP contribution in [0.5, 0.6) is 5.75 Å². The molecule has 1 aliphatic heterocycles. The van der Waals surface area contributed by atoms with Crippen LogP contribution in [0.3, 0.4) is 0 Å². The van der Waals surface area contributed by atoms with E-state index in [1.807, 2.05) is 56.2 Å². The van der Waals surface area contributed by atoms with Crippen LogP contribution in [0, 0.1) is 0 Å². The number of carbonyl (C=O) groups is 2. The van der Waals surface area contributed by atoms with Crippen LogP contribution in [-0.2, 0) is 9.59 Å². The molecule has 31 heavy (non-hydrogen) atoms. The maximum absolute atomic E-state index is 12.1. The summed E-state index contributed by atoms with van der Waals surface area (Å²) in [6.45, 7) is 9.78. The van der Waals surface area contributed by atoms with E-state index < -0.39 is 0 Å². The summed E-state index contributed by atoms with van der Waals surface area (Å²) >= 11 is 0. The molecule has 0 aromatic heterocycles. The van der Waals surface area contributed by atoms with Crippen LogP contribution in [0.15, 0.2) is 29.4 Å². The van der Waals surface area contributed by atoms with Crippen molar-refractivity contribution in [3.63, 3.8) is 0 Å². The van der Waals surface area contributed by atoms with Gasteiger partial charge in [0.25, 0.3) is 0 Å². The highest BCUT2D eigenvalue weighted by Gasteiger charge is 2.22. The third-order valence-electron chi connectivity index (χ3n) is 4.79. The molecule has 0 aliphatic carbocycles. The second kappa shape index (κ2) is 13.0. The molecule has 0 saturated carbocycles. The van der Waals surface area contributed by atoms with Crippen LogP contribution in [0.4, 0.5) is 0 Å². The highest BCUT2D eigenvalue weighted by atomic mass is 33.1. The van der Waals surface area contributed by atoms with Gasteiger partial charge in [0.05, 0.1) is 12.3 Å². The van der Waals surface area contributed by atoms with Gasteiger partial charge in [-0.15, -0.1) is 0 Å². The molecule has 0 bridgehead atoms. The second-order valence-corrected chi connectivity index (χ2v) is 11.1. The summed E-state index contributed by atoms with van der Waals surface area (Å²) in [7, 11) is 3.34. The summed E-state index contributed by atoms with van der Waals surface area (Å²) in [6.07, 6.45) is 3.62. The Morgan fingerprint density at radius 1 is 1.23 bits per heavy atom. The molecule has 1 saturated heterocycles. The number of carbonyl (C=O) groups excluding carboxylic acids is 2. The number of nitrogens with one attached hydrogen (secondary N) is 2. The van der Waals surface area contributed by atoms with E-state index >= 15 is 0 Å². The third-order valence-corrected chi connectivity index (χ3v) is 7.40. The molecule has 1 heterocycles. The lowest BCUT2D eigenvalue weighted by Gasteiger charge is -2.27. The first-order valence-electron chi connectivity index (χ1n) is 10.6. The fraction of sp³-hybridized carbons (Fsp3) is 0.591. The van der Waals surface area contributed by atoms with Crippen molar-refractivity contribution in [2.45, 2.75) is 44.8 Å². The average Bonchev–Trinajstić information content (AvgIpc) is 2.75. The Bertz CT molecular complexity index is 748. The van der Waals surface area contributed by atoms with E-state index in [2.05, 4.69) is 15.8 Å². The van der Waals surface area contributed by atoms with Crippen LogP contribution in [0.2, 0.25) is 0 Å². The lowest BCUT2D eigenvalue weighted by molar-refractivity contribution is -0.132. The molecule has 7 nitrogen and oxygen atoms in total. The molecule has 0 unspecified atom stereocenters. The predicted molar refractivity (Wildman–Crippen MR) is 131 cm³/mol. The number of hydrazone groups is 1. The van der Waals surface area contributed by atoms with E-state index in [1.54, 1.807) is 21.6 Å². The molecule has 9 heteroatoms. The predicted octanol–water partition coefficient (Wildman–Crippen LogP) is 3.30. The smallest absolute Gasteiger partial charge is 0.241 e. The van der Waals surface area contributed by atoms with Gasteiger partial charge < -0.3 is 15.0 Å². The lowest BCUT2D eigenvalue weighted by Crippen LogP contribution is -2.46. The number of nitrogens with zero attached hydrogens (tertiary/aromatic N) is 2. The van der Waals surface area contributed by atoms with Gasteiger partial charge in [0, 0.05) is 43.8 Å². The number of benzene rings is 1. The van der Waals surface area contributed by atoms with Crippen molar-refractivity contribution in [2.24, 2.45) is 5.10 Å². The Balaban J connectivity index is 1.73. The van der Waals surface area contributed by atoms with E-state index in [0.717, 1.165) is 43.2 Å². The summed E-state index contributed by atoms with van der Waals surface area (Å²) < 4.78 is 5.62. The van der Waals surface area contributed by atoms with Gasteiger partial charge in [-0.3, -0.25) is 9.59 Å². The molecule has 1 aromatic rings. The number of piperazine rings is 1. The van der Waals surface area contributed by atoms with Crippen molar-refractivity contribution in [3.8, 4) is 5.75 Å². The monoisotopic (exact) mass is 466 g/mol. The Kier molecular flexibility index (Phi) is 10.7. The van der Waals surface area contributed by atoms with Crippen molar-refractivity contribution in [2.75, 3.05) is 39.0 Å². The van der Waals surface area contributed by atoms with E-state index in [9.17, 15) is 9.59 Å². The molecule has 0 spiro atoms. The first kappa shape index (κ1) is 25.5. The summed E-state index contributed by atoms with van der Waals surface area (Å²) in [4.78, 5) is 26.2. The number of ether oxygens (including phenoxy) is 1. The highest BCUT2D eigenvalue weighted by molar-refractivity contribution is 8.76. The molecular weight excluding hydrogens is 432 g/mol. The minimum absolute atomic E-state index is 0.0961. The minimum Gasteiger partial charge on any atom is -0.494 e. The summed E-state index contributed by atoms with van der Waals surface area (Å²) in [6, 6.07) is 7.60. The number of hydrogen-bond acceptors (Lipinski definition) is 7. The SMILES string of the molecule is CSSC(C)(C)CC(=O)N/N=C(\C)c1ccc(OCCCC(=O)N2CCNCC2)cc1. The zero-order chi connectivity index (χ0) is 22.7. The molecule has 2 N–H and O–H groups in total. The molecule has 1 fully saturated rings. The Morgan fingerprint density at radius 3 is 2.55 bits per heavy atom. The van der Waals surface area contributed by atoms with Crippen molar-refractivity contribution < 1.29 is 14.3 Å². The fourth-order valence-electron chi connectivity index (χ4n) is 3.17. The maximum atomic E-state index is 12.1. The molecule has 0 radical (unpaired) electrons. The zero-order valence-electron chi connectivity index (χ0n) is 18.9. The van der Waals surface area contributed by atoms with Gasteiger partial charge in [-0.2, -0.15) is 5.10 Å². The lowest BCUT2D eigenvalue weighted by atomic mass is 10.1. The summed E-state index contributed by atoms with van der Waals surface area (Å²) in [5.74, 6) is 0.858. The van der Waals surface area contributed by atoms with Crippen LogP contribution in [0.1, 0.15) is 45.6 Å². The Morgan fingerprint density at radius 2 is 1.90 bits per heavy atom. The molecule has 0 atom stereocenters. The van der Waals surface area contributed by atoms with Gasteiger partial charge in [0.2, 0.25) is 11.8 Å². The van der Waals surface area contributed by atoms with Gasteiger partial charge in [-0.05, 0) is 63.3 Å². The maximum Gasteiger partial charge on any atom is 0.241 e. The fourth-order valence-corrected chi connectivity index (χ4v) is 5.34. The number of hydrogen-bond donors (Lipinski definition) is 2. The van der Waals surface area contributed by atoms with Crippen LogP contribution < -0.4 is 15.5 Å². The molecular formula is C22H34N4O3S2. The Labute approximate surface area is 193 Å². The molecule has 1 aromatic carbocycles. The zero-order valence-corrected chi connectivity index (χ0v) is 20.5. The average molecular weight is 467 g/mol. The van der Waals surface area contributed by atoms with Gasteiger partial charge in [0.1, 0.15) is 5.75 Å². The standard InChI is InChI=1S/C22H34N4O3S2/c1-17(24-25-20(27)16-22(2,3)31-30-4)18-7-9-19(10-8-18)29-15-5-6-21(28)26-13-11-23-12-14-26/h7-10,23H,5-6,11-16H2,1-4H3,(H,25,27)/b24-17+. The van der Waals surface area contributed by atoms with Gasteiger partial charge in [0.15, 0.2) is 0 Å². The topological polar surface area (TPSA) is 83.0 Å². The Hall–Kier alpha value is -1.71. The van der Waals surface area contributed by atoms with E-state index in [1.165, 1.54) is 0 Å². The van der Waals surface area contributed by atoms with Crippen molar-refractivity contribution >= 4 is 39.1 Å². The van der Waals surface area contributed by atoms with E-state index in [4.69, 9.17) is 4.74 Å². The molecule has 1 aliphatic rings. The summed E-state index contributed by atoms with van der Waals surface area (Å²) in [5, 5.41) is 7.47. The second-order valence-electron chi connectivity index (χ2n) is 8.03. The van der Waals surface area contributed by atoms with Gasteiger partial charge in [-0.1, -0.05) is 21.6 Å². The van der Waals surface area contributed by atoms with E-state index in [0.29, 0.717) is 25.9 Å². The van der Waals surface area contributed by atoms with E-state index in [-0.39, 0.29) is 16.6 Å². The quantitative estimate of drug-likeness (QED) is 0.225. The van der Waals surface area contributed by atoms with Crippen molar-refractivity contribution in [1.82, 2.24) is 15.6 Å². The largest absolute Gasteiger partial charge is 0.494 e. The number of rotatable bonds is 11. The first-order valence-corrected chi connectivity index (χ1v) is 13.1.